The number of carbonyl (C=O) groups is 2. The fourth-order valence-corrected chi connectivity index (χ4v) is 5.05. The number of aromatic nitrogens is 1. The average Bonchev–Trinajstić information content (AvgIpc) is 3.21. The summed E-state index contributed by atoms with van der Waals surface area (Å²) in [7, 11) is 1.55. The van der Waals surface area contributed by atoms with Crippen LogP contribution in [0.5, 0.6) is 5.75 Å². The molecule has 29 heavy (non-hydrogen) atoms. The largest absolute Gasteiger partial charge is 0.497 e. The standard InChI is InChI=1S/C23H23NO4S/c1-27-16-8-6-7-15(13-16)20(25)14-28-23(26)18-10-3-2-9-17(18)22-24-19-11-4-5-12-21(19)29-22/h4-8,11-13,17-18H,2-3,9-10,14H2,1H3. The van der Waals surface area contributed by atoms with Gasteiger partial charge in [-0.25, -0.2) is 4.98 Å². The summed E-state index contributed by atoms with van der Waals surface area (Å²) in [6, 6.07) is 14.9. The van der Waals surface area contributed by atoms with Crippen molar-refractivity contribution in [3.63, 3.8) is 0 Å². The number of hydrogen-bond acceptors (Lipinski definition) is 6. The highest BCUT2D eigenvalue weighted by Crippen LogP contribution is 2.41. The second-order valence-electron chi connectivity index (χ2n) is 7.28. The molecule has 1 saturated carbocycles. The van der Waals surface area contributed by atoms with Gasteiger partial charge in [-0.05, 0) is 37.1 Å². The monoisotopic (exact) mass is 409 g/mol. The summed E-state index contributed by atoms with van der Waals surface area (Å²) >= 11 is 1.65. The minimum Gasteiger partial charge on any atom is -0.497 e. The van der Waals surface area contributed by atoms with Crippen molar-refractivity contribution in [2.75, 3.05) is 13.7 Å². The Balaban J connectivity index is 1.45. The summed E-state index contributed by atoms with van der Waals surface area (Å²) in [5, 5.41) is 0.993. The maximum absolute atomic E-state index is 12.8. The summed E-state index contributed by atoms with van der Waals surface area (Å²) in [6.45, 7) is -0.255. The van der Waals surface area contributed by atoms with Crippen LogP contribution in [0.25, 0.3) is 10.2 Å². The third kappa shape index (κ3) is 4.32. The lowest BCUT2D eigenvalue weighted by Gasteiger charge is -2.28. The van der Waals surface area contributed by atoms with Gasteiger partial charge in [-0.1, -0.05) is 37.1 Å². The number of nitrogens with zero attached hydrogens (tertiary/aromatic N) is 1. The minimum atomic E-state index is -0.301. The first kappa shape index (κ1) is 19.6. The molecular formula is C23H23NO4S. The summed E-state index contributed by atoms with van der Waals surface area (Å²) in [5.74, 6) is -0.122. The van der Waals surface area contributed by atoms with Crippen molar-refractivity contribution < 1.29 is 19.1 Å². The molecule has 3 aromatic rings. The van der Waals surface area contributed by atoms with Crippen LogP contribution in [0.1, 0.15) is 47.0 Å². The molecule has 1 aliphatic carbocycles. The Morgan fingerprint density at radius 3 is 2.76 bits per heavy atom. The quantitative estimate of drug-likeness (QED) is 0.423. The van der Waals surface area contributed by atoms with Crippen LogP contribution in [0.15, 0.2) is 48.5 Å². The van der Waals surface area contributed by atoms with Gasteiger partial charge in [-0.3, -0.25) is 9.59 Å². The zero-order chi connectivity index (χ0) is 20.2. The van der Waals surface area contributed by atoms with E-state index in [-0.39, 0.29) is 30.2 Å². The summed E-state index contributed by atoms with van der Waals surface area (Å²) in [4.78, 5) is 30.0. The van der Waals surface area contributed by atoms with Crippen molar-refractivity contribution in [3.8, 4) is 5.75 Å². The molecule has 1 aliphatic rings. The van der Waals surface area contributed by atoms with E-state index < -0.39 is 0 Å². The smallest absolute Gasteiger partial charge is 0.310 e. The third-order valence-corrected chi connectivity index (χ3v) is 6.60. The van der Waals surface area contributed by atoms with Gasteiger partial charge < -0.3 is 9.47 Å². The van der Waals surface area contributed by atoms with Crippen molar-refractivity contribution >= 4 is 33.3 Å². The van der Waals surface area contributed by atoms with Gasteiger partial charge in [0.15, 0.2) is 12.4 Å². The van der Waals surface area contributed by atoms with E-state index in [2.05, 4.69) is 6.07 Å². The molecule has 5 nitrogen and oxygen atoms in total. The number of hydrogen-bond donors (Lipinski definition) is 0. The number of carbonyl (C=O) groups excluding carboxylic acids is 2. The van der Waals surface area contributed by atoms with Crippen LogP contribution in [-0.2, 0) is 9.53 Å². The first-order chi connectivity index (χ1) is 14.2. The fourth-order valence-electron chi connectivity index (χ4n) is 3.88. The van der Waals surface area contributed by atoms with Crippen molar-refractivity contribution in [2.45, 2.75) is 31.6 Å². The number of thiazole rings is 1. The van der Waals surface area contributed by atoms with E-state index in [1.165, 1.54) is 0 Å². The number of benzene rings is 2. The second kappa shape index (κ2) is 8.74. The molecule has 4 rings (SSSR count). The highest BCUT2D eigenvalue weighted by molar-refractivity contribution is 7.18. The van der Waals surface area contributed by atoms with Gasteiger partial charge in [0.05, 0.1) is 28.3 Å². The van der Waals surface area contributed by atoms with Crippen molar-refractivity contribution in [2.24, 2.45) is 5.92 Å². The molecule has 0 bridgehead atoms. The van der Waals surface area contributed by atoms with Gasteiger partial charge in [-0.15, -0.1) is 11.3 Å². The molecule has 0 aliphatic heterocycles. The number of Topliss-reactive ketones (excluding diaryl/α,β-unsaturated/α-hetero) is 1. The topological polar surface area (TPSA) is 65.5 Å². The Hall–Kier alpha value is -2.73. The number of methoxy groups -OCH3 is 1. The predicted octanol–water partition coefficient (Wildman–Crippen LogP) is 5.00. The van der Waals surface area contributed by atoms with E-state index in [0.717, 1.165) is 40.9 Å². The van der Waals surface area contributed by atoms with Crippen molar-refractivity contribution in [1.29, 1.82) is 0 Å². The average molecular weight is 410 g/mol. The van der Waals surface area contributed by atoms with E-state index in [1.54, 1.807) is 42.7 Å². The molecule has 0 amide bonds. The number of fused-ring (bicyclic) bond motifs is 1. The Kier molecular flexibility index (Phi) is 5.90. The van der Waals surface area contributed by atoms with Crippen molar-refractivity contribution in [3.05, 3.63) is 59.1 Å². The van der Waals surface area contributed by atoms with Gasteiger partial charge in [0.25, 0.3) is 0 Å². The maximum atomic E-state index is 12.8. The number of ketones is 1. The molecule has 1 fully saturated rings. The van der Waals surface area contributed by atoms with Crippen LogP contribution in [0, 0.1) is 5.92 Å². The Bertz CT molecular complexity index is 995. The van der Waals surface area contributed by atoms with Crippen LogP contribution in [0.2, 0.25) is 0 Å². The third-order valence-electron chi connectivity index (χ3n) is 5.43. The van der Waals surface area contributed by atoms with Gasteiger partial charge in [0.1, 0.15) is 5.75 Å². The Morgan fingerprint density at radius 1 is 1.10 bits per heavy atom. The van der Waals surface area contributed by atoms with E-state index in [0.29, 0.717) is 11.3 Å². The van der Waals surface area contributed by atoms with Gasteiger partial charge >= 0.3 is 5.97 Å². The molecule has 0 N–H and O–H groups in total. The number of para-hydroxylation sites is 1. The molecule has 2 atom stereocenters. The van der Waals surface area contributed by atoms with Gasteiger partial charge in [0.2, 0.25) is 0 Å². The number of ether oxygens (including phenoxy) is 2. The van der Waals surface area contributed by atoms with Crippen LogP contribution in [-0.4, -0.2) is 30.5 Å². The van der Waals surface area contributed by atoms with Crippen molar-refractivity contribution in [1.82, 2.24) is 4.98 Å². The van der Waals surface area contributed by atoms with Crippen LogP contribution >= 0.6 is 11.3 Å². The lowest BCUT2D eigenvalue weighted by molar-refractivity contribution is -0.149. The lowest BCUT2D eigenvalue weighted by atomic mass is 9.79. The molecule has 0 radical (unpaired) electrons. The van der Waals surface area contributed by atoms with E-state index >= 15 is 0 Å². The molecule has 1 heterocycles. The molecular weight excluding hydrogens is 386 g/mol. The summed E-state index contributed by atoms with van der Waals surface area (Å²) in [5.41, 5.74) is 1.45. The van der Waals surface area contributed by atoms with Crippen LogP contribution in [0.4, 0.5) is 0 Å². The molecule has 2 aromatic carbocycles. The SMILES string of the molecule is COc1cccc(C(=O)COC(=O)C2CCCCC2c2nc3ccccc3s2)c1. The highest BCUT2D eigenvalue weighted by atomic mass is 32.1. The van der Waals surface area contributed by atoms with Gasteiger partial charge in [0, 0.05) is 11.5 Å². The number of rotatable bonds is 6. The first-order valence-corrected chi connectivity index (χ1v) is 10.7. The van der Waals surface area contributed by atoms with Crippen LogP contribution in [0.3, 0.4) is 0 Å². The number of esters is 1. The summed E-state index contributed by atoms with van der Waals surface area (Å²) in [6.07, 6.45) is 3.76. The zero-order valence-electron chi connectivity index (χ0n) is 16.3. The molecule has 6 heteroatoms. The lowest BCUT2D eigenvalue weighted by Crippen LogP contribution is -2.29. The fraction of sp³-hybridized carbons (Fsp3) is 0.348. The summed E-state index contributed by atoms with van der Waals surface area (Å²) < 4.78 is 11.7. The maximum Gasteiger partial charge on any atom is 0.310 e. The molecule has 0 spiro atoms. The van der Waals surface area contributed by atoms with Gasteiger partial charge in [-0.2, -0.15) is 0 Å². The normalized spacial score (nSPS) is 19.1. The Labute approximate surface area is 173 Å². The highest BCUT2D eigenvalue weighted by Gasteiger charge is 2.35. The van der Waals surface area contributed by atoms with Crippen LogP contribution < -0.4 is 4.74 Å². The second-order valence-corrected chi connectivity index (χ2v) is 8.34. The predicted molar refractivity (Wildman–Crippen MR) is 113 cm³/mol. The Morgan fingerprint density at radius 2 is 1.93 bits per heavy atom. The molecule has 2 unspecified atom stereocenters. The molecule has 0 saturated heterocycles. The molecule has 1 aromatic heterocycles. The van der Waals surface area contributed by atoms with E-state index in [4.69, 9.17) is 14.5 Å². The van der Waals surface area contributed by atoms with E-state index in [9.17, 15) is 9.59 Å². The zero-order valence-corrected chi connectivity index (χ0v) is 17.1. The first-order valence-electron chi connectivity index (χ1n) is 9.85. The molecule has 150 valence electrons. The minimum absolute atomic E-state index is 0.0561. The van der Waals surface area contributed by atoms with E-state index in [1.807, 2.05) is 18.2 Å².